The summed E-state index contributed by atoms with van der Waals surface area (Å²) in [6.45, 7) is 0. The maximum absolute atomic E-state index is 13.0. The van der Waals surface area contributed by atoms with Crippen LogP contribution >= 0.6 is 23.8 Å². The third-order valence-electron chi connectivity index (χ3n) is 1.39. The summed E-state index contributed by atoms with van der Waals surface area (Å²) in [5.74, 6) is -0.454. The second-order valence-corrected chi connectivity index (χ2v) is 2.73. The van der Waals surface area contributed by atoms with Gasteiger partial charge in [0.15, 0.2) is 11.6 Å². The van der Waals surface area contributed by atoms with E-state index in [-0.39, 0.29) is 10.8 Å². The van der Waals surface area contributed by atoms with Crippen molar-refractivity contribution in [1.82, 2.24) is 0 Å². The number of methoxy groups -OCH3 is 1. The molecule has 0 saturated carbocycles. The van der Waals surface area contributed by atoms with Crippen LogP contribution in [0.3, 0.4) is 0 Å². The molecule has 0 N–H and O–H groups in total. The molecule has 0 bridgehead atoms. The van der Waals surface area contributed by atoms with Gasteiger partial charge in [0.2, 0.25) is 0 Å². The van der Waals surface area contributed by atoms with Crippen molar-refractivity contribution in [3.8, 4) is 5.75 Å². The molecule has 0 aliphatic carbocycles. The average molecular weight is 218 g/mol. The molecule has 13 heavy (non-hydrogen) atoms. The van der Waals surface area contributed by atoms with Gasteiger partial charge in [-0.25, -0.2) is 4.39 Å². The number of aliphatic imine (C=N–C) groups is 1. The third-order valence-corrected chi connectivity index (χ3v) is 1.78. The smallest absolute Gasteiger partial charge is 0.166 e. The molecule has 2 nitrogen and oxygen atoms in total. The van der Waals surface area contributed by atoms with Crippen LogP contribution in [0.1, 0.15) is 0 Å². The fourth-order valence-corrected chi connectivity index (χ4v) is 1.10. The number of rotatable bonds is 2. The number of hydrogen-bond acceptors (Lipinski definition) is 3. The summed E-state index contributed by atoms with van der Waals surface area (Å²) in [5.41, 5.74) is 0.343. The Balaban J connectivity index is 3.29. The Morgan fingerprint density at radius 3 is 2.85 bits per heavy atom. The maximum atomic E-state index is 13.0. The van der Waals surface area contributed by atoms with Crippen LogP contribution < -0.4 is 4.74 Å². The molecule has 0 fully saturated rings. The van der Waals surface area contributed by atoms with Crippen LogP contribution in [-0.2, 0) is 0 Å². The van der Waals surface area contributed by atoms with Gasteiger partial charge in [-0.3, -0.25) is 0 Å². The van der Waals surface area contributed by atoms with Crippen molar-refractivity contribution in [2.75, 3.05) is 7.11 Å². The van der Waals surface area contributed by atoms with Gasteiger partial charge < -0.3 is 4.74 Å². The van der Waals surface area contributed by atoms with Crippen molar-refractivity contribution in [2.24, 2.45) is 4.99 Å². The van der Waals surface area contributed by atoms with E-state index in [2.05, 4.69) is 22.4 Å². The third kappa shape index (κ3) is 2.25. The Hall–Kier alpha value is -0.960. The van der Waals surface area contributed by atoms with Crippen LogP contribution in [0.2, 0.25) is 5.02 Å². The first kappa shape index (κ1) is 10.1. The number of isothiocyanates is 1. The zero-order valence-electron chi connectivity index (χ0n) is 6.67. The van der Waals surface area contributed by atoms with Crippen LogP contribution in [0.25, 0.3) is 0 Å². The van der Waals surface area contributed by atoms with Gasteiger partial charge in [0.05, 0.1) is 23.0 Å². The lowest BCUT2D eigenvalue weighted by Gasteiger charge is -2.03. The van der Waals surface area contributed by atoms with Crippen molar-refractivity contribution in [1.29, 1.82) is 0 Å². The lowest BCUT2D eigenvalue weighted by molar-refractivity contribution is 0.387. The van der Waals surface area contributed by atoms with Crippen molar-refractivity contribution >= 4 is 34.7 Å². The van der Waals surface area contributed by atoms with E-state index < -0.39 is 5.82 Å². The summed E-state index contributed by atoms with van der Waals surface area (Å²) in [7, 11) is 1.36. The first-order valence-electron chi connectivity index (χ1n) is 3.30. The lowest BCUT2D eigenvalue weighted by Crippen LogP contribution is -1.87. The first-order chi connectivity index (χ1) is 6.19. The molecule has 0 aliphatic rings. The summed E-state index contributed by atoms with van der Waals surface area (Å²) in [6, 6.07) is 2.48. The summed E-state index contributed by atoms with van der Waals surface area (Å²) < 4.78 is 17.7. The first-order valence-corrected chi connectivity index (χ1v) is 4.08. The van der Waals surface area contributed by atoms with Crippen LogP contribution in [0, 0.1) is 5.82 Å². The Morgan fingerprint density at radius 2 is 2.31 bits per heavy atom. The Kier molecular flexibility index (Phi) is 3.37. The van der Waals surface area contributed by atoms with E-state index >= 15 is 0 Å². The van der Waals surface area contributed by atoms with E-state index in [0.29, 0.717) is 5.69 Å². The Labute approximate surface area is 85.0 Å². The van der Waals surface area contributed by atoms with Gasteiger partial charge in [0.25, 0.3) is 0 Å². The molecule has 68 valence electrons. The van der Waals surface area contributed by atoms with Gasteiger partial charge in [-0.1, -0.05) is 11.6 Å². The monoisotopic (exact) mass is 217 g/mol. The molecule has 0 heterocycles. The van der Waals surface area contributed by atoms with Crippen LogP contribution in [0.5, 0.6) is 5.75 Å². The predicted molar refractivity (Wildman–Crippen MR) is 52.6 cm³/mol. The summed E-state index contributed by atoms with van der Waals surface area (Å²) in [4.78, 5) is 3.64. The average Bonchev–Trinajstić information content (AvgIpc) is 2.10. The molecule has 1 rings (SSSR count). The Bertz CT molecular complexity index is 377. The van der Waals surface area contributed by atoms with E-state index in [0.717, 1.165) is 6.07 Å². The molecule has 0 amide bonds. The van der Waals surface area contributed by atoms with Crippen molar-refractivity contribution in [3.63, 3.8) is 0 Å². The van der Waals surface area contributed by atoms with Crippen LogP contribution in [-0.4, -0.2) is 12.3 Å². The number of hydrogen-bond donors (Lipinski definition) is 0. The highest BCUT2D eigenvalue weighted by Crippen LogP contribution is 2.31. The molecule has 1 aromatic rings. The predicted octanol–water partition coefficient (Wildman–Crippen LogP) is 3.22. The van der Waals surface area contributed by atoms with Gasteiger partial charge in [0, 0.05) is 6.07 Å². The summed E-state index contributed by atoms with van der Waals surface area (Å²) in [6.07, 6.45) is 0. The summed E-state index contributed by atoms with van der Waals surface area (Å²) >= 11 is 10.1. The number of ether oxygens (including phenoxy) is 1. The fourth-order valence-electron chi connectivity index (χ4n) is 0.810. The molecule has 0 radical (unpaired) electrons. The highest BCUT2D eigenvalue weighted by molar-refractivity contribution is 7.78. The van der Waals surface area contributed by atoms with Gasteiger partial charge in [-0.15, -0.1) is 0 Å². The molecule has 0 aromatic heterocycles. The molecule has 5 heteroatoms. The zero-order chi connectivity index (χ0) is 9.84. The van der Waals surface area contributed by atoms with Gasteiger partial charge >= 0.3 is 0 Å². The molecule has 0 atom stereocenters. The van der Waals surface area contributed by atoms with Crippen LogP contribution in [0.15, 0.2) is 17.1 Å². The fraction of sp³-hybridized carbons (Fsp3) is 0.125. The molecule has 0 spiro atoms. The molecular weight excluding hydrogens is 213 g/mol. The molecule has 0 unspecified atom stereocenters. The number of benzene rings is 1. The van der Waals surface area contributed by atoms with Crippen molar-refractivity contribution in [3.05, 3.63) is 23.0 Å². The van der Waals surface area contributed by atoms with E-state index in [1.807, 2.05) is 0 Å². The topological polar surface area (TPSA) is 21.6 Å². The van der Waals surface area contributed by atoms with E-state index in [9.17, 15) is 4.39 Å². The minimum Gasteiger partial charge on any atom is -0.494 e. The van der Waals surface area contributed by atoms with Crippen LogP contribution in [0.4, 0.5) is 10.1 Å². The SMILES string of the molecule is COc1cc(N=C=S)c(Cl)cc1F. The maximum Gasteiger partial charge on any atom is 0.166 e. The van der Waals surface area contributed by atoms with Gasteiger partial charge in [-0.05, 0) is 18.3 Å². The Morgan fingerprint density at radius 1 is 1.62 bits per heavy atom. The quantitative estimate of drug-likeness (QED) is 0.560. The van der Waals surface area contributed by atoms with E-state index in [4.69, 9.17) is 16.3 Å². The normalized spacial score (nSPS) is 9.15. The molecular formula is C8H5ClFNOS. The second kappa shape index (κ2) is 4.33. The standard InChI is InChI=1S/C8H5ClFNOS/c1-12-8-3-7(11-4-13)5(9)2-6(8)10/h2-3H,1H3. The second-order valence-electron chi connectivity index (χ2n) is 2.14. The number of halogens is 2. The van der Waals surface area contributed by atoms with Gasteiger partial charge in [0.1, 0.15) is 0 Å². The lowest BCUT2D eigenvalue weighted by atomic mass is 10.3. The zero-order valence-corrected chi connectivity index (χ0v) is 8.25. The van der Waals surface area contributed by atoms with E-state index in [1.165, 1.54) is 13.2 Å². The largest absolute Gasteiger partial charge is 0.494 e. The molecule has 0 saturated heterocycles. The number of nitrogens with zero attached hydrogens (tertiary/aromatic N) is 1. The molecule has 0 aliphatic heterocycles. The minimum absolute atomic E-state index is 0.0772. The number of thiocarbonyl (C=S) groups is 1. The highest BCUT2D eigenvalue weighted by Gasteiger charge is 2.07. The minimum atomic E-state index is -0.532. The van der Waals surface area contributed by atoms with Crippen molar-refractivity contribution in [2.45, 2.75) is 0 Å². The summed E-state index contributed by atoms with van der Waals surface area (Å²) in [5, 5.41) is 2.32. The molecule has 1 aromatic carbocycles. The highest BCUT2D eigenvalue weighted by atomic mass is 35.5. The van der Waals surface area contributed by atoms with E-state index in [1.54, 1.807) is 0 Å². The van der Waals surface area contributed by atoms with Crippen molar-refractivity contribution < 1.29 is 9.13 Å². The van der Waals surface area contributed by atoms with Gasteiger partial charge in [-0.2, -0.15) is 4.99 Å².